The Morgan fingerprint density at radius 3 is 3.00 bits per heavy atom. The van der Waals surface area contributed by atoms with Crippen LogP contribution in [0.2, 0.25) is 0 Å². The van der Waals surface area contributed by atoms with Gasteiger partial charge in [0.15, 0.2) is 0 Å². The Morgan fingerprint density at radius 2 is 2.35 bits per heavy atom. The van der Waals surface area contributed by atoms with Crippen molar-refractivity contribution >= 4 is 27.4 Å². The van der Waals surface area contributed by atoms with Crippen LogP contribution in [0, 0.1) is 22.5 Å². The molecule has 0 aliphatic carbocycles. The van der Waals surface area contributed by atoms with Crippen LogP contribution >= 0.6 is 15.9 Å². The van der Waals surface area contributed by atoms with Crippen molar-refractivity contribution in [3.05, 3.63) is 26.9 Å². The molecule has 5 nitrogen and oxygen atoms in total. The van der Waals surface area contributed by atoms with E-state index in [0.717, 1.165) is 19.3 Å². The lowest BCUT2D eigenvalue weighted by Crippen LogP contribution is -2.06. The molecule has 17 heavy (non-hydrogen) atoms. The zero-order chi connectivity index (χ0) is 12.7. The number of anilines is 1. The van der Waals surface area contributed by atoms with Gasteiger partial charge in [-0.25, -0.2) is 4.98 Å². The first-order chi connectivity index (χ1) is 8.15. The number of rotatable bonds is 6. The van der Waals surface area contributed by atoms with Crippen molar-refractivity contribution in [1.82, 2.24) is 4.98 Å². The van der Waals surface area contributed by atoms with Crippen molar-refractivity contribution in [2.75, 3.05) is 11.9 Å². The van der Waals surface area contributed by atoms with Gasteiger partial charge in [-0.1, -0.05) is 0 Å². The monoisotopic (exact) mass is 297 g/mol. The summed E-state index contributed by atoms with van der Waals surface area (Å²) in [5, 5.41) is 13.7. The number of unbranched alkanes of at least 4 members (excludes halogenated alkanes) is 2. The molecule has 0 amide bonds. The maximum Gasteiger partial charge on any atom is 0.312 e. The SMILES string of the molecule is C#CCCCCNc1ncc(Br)cc1[N+](=O)[O-]. The molecule has 6 heteroatoms. The van der Waals surface area contributed by atoms with E-state index < -0.39 is 4.92 Å². The van der Waals surface area contributed by atoms with E-state index in [1.807, 2.05) is 0 Å². The minimum absolute atomic E-state index is 0.0312. The van der Waals surface area contributed by atoms with E-state index in [-0.39, 0.29) is 5.69 Å². The number of hydrogen-bond donors (Lipinski definition) is 1. The molecular formula is C11H12BrN3O2. The van der Waals surface area contributed by atoms with Gasteiger partial charge >= 0.3 is 5.69 Å². The summed E-state index contributed by atoms with van der Waals surface area (Å²) in [6.45, 7) is 0.622. The highest BCUT2D eigenvalue weighted by molar-refractivity contribution is 9.10. The molecule has 0 fully saturated rings. The van der Waals surface area contributed by atoms with Gasteiger partial charge in [-0.3, -0.25) is 10.1 Å². The van der Waals surface area contributed by atoms with Crippen LogP contribution in [0.15, 0.2) is 16.7 Å². The fraction of sp³-hybridized carbons (Fsp3) is 0.364. The quantitative estimate of drug-likeness (QED) is 0.379. The second kappa shape index (κ2) is 6.86. The van der Waals surface area contributed by atoms with Crippen LogP contribution in [0.25, 0.3) is 0 Å². The number of pyridine rings is 1. The van der Waals surface area contributed by atoms with E-state index in [1.165, 1.54) is 12.3 Å². The Balaban J connectivity index is 2.59. The molecule has 1 aromatic rings. The van der Waals surface area contributed by atoms with E-state index in [9.17, 15) is 10.1 Å². The Bertz CT molecular complexity index is 443. The van der Waals surface area contributed by atoms with Gasteiger partial charge < -0.3 is 5.32 Å². The van der Waals surface area contributed by atoms with Crippen molar-refractivity contribution in [2.24, 2.45) is 0 Å². The average Bonchev–Trinajstić information content (AvgIpc) is 2.30. The van der Waals surface area contributed by atoms with Crippen molar-refractivity contribution in [1.29, 1.82) is 0 Å². The molecule has 90 valence electrons. The summed E-state index contributed by atoms with van der Waals surface area (Å²) < 4.78 is 0.585. The van der Waals surface area contributed by atoms with Crippen LogP contribution in [0.1, 0.15) is 19.3 Å². The second-order valence-corrected chi connectivity index (χ2v) is 4.28. The molecule has 0 saturated carbocycles. The summed E-state index contributed by atoms with van der Waals surface area (Å²) in [4.78, 5) is 14.3. The molecule has 0 radical (unpaired) electrons. The minimum atomic E-state index is -0.457. The van der Waals surface area contributed by atoms with Crippen LogP contribution < -0.4 is 5.32 Å². The molecule has 0 aromatic carbocycles. The summed E-state index contributed by atoms with van der Waals surface area (Å²) in [5.74, 6) is 2.84. The predicted octanol–water partition coefficient (Wildman–Crippen LogP) is 2.97. The summed E-state index contributed by atoms with van der Waals surface area (Å²) in [7, 11) is 0. The van der Waals surface area contributed by atoms with E-state index >= 15 is 0 Å². The van der Waals surface area contributed by atoms with Crippen molar-refractivity contribution in [3.8, 4) is 12.3 Å². The minimum Gasteiger partial charge on any atom is -0.364 e. The molecule has 0 atom stereocenters. The first-order valence-corrected chi connectivity index (χ1v) is 5.91. The number of hydrogen-bond acceptors (Lipinski definition) is 4. The van der Waals surface area contributed by atoms with Crippen molar-refractivity contribution < 1.29 is 4.92 Å². The molecule has 0 saturated heterocycles. The number of aromatic nitrogens is 1. The van der Waals surface area contributed by atoms with Crippen LogP contribution in [0.5, 0.6) is 0 Å². The Labute approximate surface area is 108 Å². The van der Waals surface area contributed by atoms with E-state index in [2.05, 4.69) is 32.2 Å². The van der Waals surface area contributed by atoms with Gasteiger partial charge in [0.05, 0.1) is 4.92 Å². The third-order valence-electron chi connectivity index (χ3n) is 2.07. The summed E-state index contributed by atoms with van der Waals surface area (Å²) >= 11 is 3.15. The molecule has 1 rings (SSSR count). The highest BCUT2D eigenvalue weighted by Crippen LogP contribution is 2.25. The van der Waals surface area contributed by atoms with Gasteiger partial charge in [0.1, 0.15) is 0 Å². The van der Waals surface area contributed by atoms with E-state index in [1.54, 1.807) is 0 Å². The fourth-order valence-corrected chi connectivity index (χ4v) is 1.58. The zero-order valence-corrected chi connectivity index (χ0v) is 10.7. The van der Waals surface area contributed by atoms with E-state index in [4.69, 9.17) is 6.42 Å². The molecule has 1 N–H and O–H groups in total. The maximum absolute atomic E-state index is 10.8. The maximum atomic E-state index is 10.8. The smallest absolute Gasteiger partial charge is 0.312 e. The van der Waals surface area contributed by atoms with E-state index in [0.29, 0.717) is 16.8 Å². The zero-order valence-electron chi connectivity index (χ0n) is 9.15. The molecule has 1 aromatic heterocycles. The summed E-state index contributed by atoms with van der Waals surface area (Å²) in [5.41, 5.74) is -0.0312. The first kappa shape index (κ1) is 13.5. The second-order valence-electron chi connectivity index (χ2n) is 3.37. The number of halogens is 1. The summed E-state index contributed by atoms with van der Waals surface area (Å²) in [6, 6.07) is 1.43. The number of terminal acetylenes is 1. The van der Waals surface area contributed by atoms with Crippen molar-refractivity contribution in [2.45, 2.75) is 19.3 Å². The van der Waals surface area contributed by atoms with Crippen LogP contribution in [-0.2, 0) is 0 Å². The van der Waals surface area contributed by atoms with Crippen LogP contribution in [-0.4, -0.2) is 16.5 Å². The predicted molar refractivity (Wildman–Crippen MR) is 69.8 cm³/mol. The fourth-order valence-electron chi connectivity index (χ4n) is 1.26. The lowest BCUT2D eigenvalue weighted by Gasteiger charge is -2.05. The molecule has 0 spiro atoms. The normalized spacial score (nSPS) is 9.65. The molecule has 0 aliphatic rings. The largest absolute Gasteiger partial charge is 0.364 e. The number of nitro groups is 1. The Kier molecular flexibility index (Phi) is 5.43. The van der Waals surface area contributed by atoms with Gasteiger partial charge in [0.25, 0.3) is 0 Å². The third-order valence-corrected chi connectivity index (χ3v) is 2.50. The topological polar surface area (TPSA) is 68.1 Å². The Hall–Kier alpha value is -1.61. The van der Waals surface area contributed by atoms with Gasteiger partial charge in [0.2, 0.25) is 5.82 Å². The number of nitrogens with zero attached hydrogens (tertiary/aromatic N) is 2. The van der Waals surface area contributed by atoms with Crippen molar-refractivity contribution in [3.63, 3.8) is 0 Å². The molecule has 1 heterocycles. The molecule has 0 aliphatic heterocycles. The van der Waals surface area contributed by atoms with Crippen LogP contribution in [0.4, 0.5) is 11.5 Å². The van der Waals surface area contributed by atoms with Gasteiger partial charge in [-0.15, -0.1) is 12.3 Å². The summed E-state index contributed by atoms with van der Waals surface area (Å²) in [6.07, 6.45) is 9.13. The highest BCUT2D eigenvalue weighted by atomic mass is 79.9. The first-order valence-electron chi connectivity index (χ1n) is 5.12. The lowest BCUT2D eigenvalue weighted by atomic mass is 10.2. The molecule has 0 unspecified atom stereocenters. The Morgan fingerprint density at radius 1 is 1.59 bits per heavy atom. The van der Waals surface area contributed by atoms with Gasteiger partial charge in [-0.05, 0) is 28.8 Å². The number of nitrogens with one attached hydrogen (secondary N) is 1. The third kappa shape index (κ3) is 4.41. The molecular weight excluding hydrogens is 286 g/mol. The van der Waals surface area contributed by atoms with Gasteiger partial charge in [0, 0.05) is 29.7 Å². The average molecular weight is 298 g/mol. The lowest BCUT2D eigenvalue weighted by molar-refractivity contribution is -0.384. The van der Waals surface area contributed by atoms with Gasteiger partial charge in [-0.2, -0.15) is 0 Å². The highest BCUT2D eigenvalue weighted by Gasteiger charge is 2.14. The van der Waals surface area contributed by atoms with Crippen LogP contribution in [0.3, 0.4) is 0 Å². The molecule has 0 bridgehead atoms. The standard InChI is InChI=1S/C11H12BrN3O2/c1-2-3-4-5-6-13-11-10(15(16)17)7-9(12)8-14-11/h1,7-8H,3-6H2,(H,13,14).